The second kappa shape index (κ2) is 7.10. The predicted octanol–water partition coefficient (Wildman–Crippen LogP) is 4.03. The van der Waals surface area contributed by atoms with Crippen LogP contribution < -0.4 is 9.47 Å². The van der Waals surface area contributed by atoms with Gasteiger partial charge in [0.1, 0.15) is 24.7 Å². The second-order valence-electron chi connectivity index (χ2n) is 4.31. The highest BCUT2D eigenvalue weighted by molar-refractivity contribution is 9.10. The quantitative estimate of drug-likeness (QED) is 0.591. The van der Waals surface area contributed by atoms with Crippen molar-refractivity contribution < 1.29 is 14.3 Å². The van der Waals surface area contributed by atoms with Gasteiger partial charge < -0.3 is 9.47 Å². The second-order valence-corrected chi connectivity index (χ2v) is 5.23. The van der Waals surface area contributed by atoms with Crippen LogP contribution in [0.5, 0.6) is 11.5 Å². The molecule has 0 bridgehead atoms. The summed E-state index contributed by atoms with van der Waals surface area (Å²) >= 11 is 3.32. The molecule has 2 aromatic rings. The average Bonchev–Trinajstić information content (AvgIpc) is 2.45. The molecule has 2 rings (SSSR count). The smallest absolute Gasteiger partial charge is 0.153 e. The summed E-state index contributed by atoms with van der Waals surface area (Å²) < 4.78 is 12.0. The SMILES string of the molecule is Cc1cccc(OCCOc2ccc(Br)cc2C=O)c1. The van der Waals surface area contributed by atoms with Crippen molar-refractivity contribution >= 4 is 22.2 Å². The van der Waals surface area contributed by atoms with Gasteiger partial charge in [-0.25, -0.2) is 0 Å². The fourth-order valence-corrected chi connectivity index (χ4v) is 2.14. The van der Waals surface area contributed by atoms with Crippen LogP contribution in [-0.2, 0) is 0 Å². The van der Waals surface area contributed by atoms with Crippen molar-refractivity contribution in [2.24, 2.45) is 0 Å². The molecule has 0 aromatic heterocycles. The first-order valence-corrected chi connectivity index (χ1v) is 7.05. The number of benzene rings is 2. The molecule has 0 fully saturated rings. The summed E-state index contributed by atoms with van der Waals surface area (Å²) in [4.78, 5) is 10.9. The minimum Gasteiger partial charge on any atom is -0.490 e. The predicted molar refractivity (Wildman–Crippen MR) is 81.7 cm³/mol. The molecule has 3 nitrogen and oxygen atoms in total. The van der Waals surface area contributed by atoms with E-state index in [0.29, 0.717) is 24.5 Å². The maximum Gasteiger partial charge on any atom is 0.153 e. The van der Waals surface area contributed by atoms with Gasteiger partial charge in [-0.15, -0.1) is 0 Å². The van der Waals surface area contributed by atoms with E-state index in [-0.39, 0.29) is 0 Å². The van der Waals surface area contributed by atoms with E-state index in [1.54, 1.807) is 12.1 Å². The Morgan fingerprint density at radius 3 is 2.65 bits per heavy atom. The number of carbonyl (C=O) groups is 1. The van der Waals surface area contributed by atoms with Crippen LogP contribution in [-0.4, -0.2) is 19.5 Å². The number of halogens is 1. The maximum atomic E-state index is 10.9. The molecule has 0 saturated heterocycles. The number of ether oxygens (including phenoxy) is 2. The molecule has 0 unspecified atom stereocenters. The minimum atomic E-state index is 0.385. The number of aryl methyl sites for hydroxylation is 1. The molecule has 2 aromatic carbocycles. The summed E-state index contributed by atoms with van der Waals surface area (Å²) in [6, 6.07) is 13.2. The van der Waals surface area contributed by atoms with Gasteiger partial charge in [-0.1, -0.05) is 28.1 Å². The molecule has 0 radical (unpaired) electrons. The summed E-state index contributed by atoms with van der Waals surface area (Å²) in [6.07, 6.45) is 0.779. The van der Waals surface area contributed by atoms with Crippen molar-refractivity contribution in [2.75, 3.05) is 13.2 Å². The van der Waals surface area contributed by atoms with Crippen LogP contribution >= 0.6 is 15.9 Å². The number of hydrogen-bond donors (Lipinski definition) is 0. The number of aldehydes is 1. The molecule has 0 amide bonds. The molecule has 20 heavy (non-hydrogen) atoms. The zero-order valence-electron chi connectivity index (χ0n) is 11.1. The van der Waals surface area contributed by atoms with Crippen LogP contribution in [0, 0.1) is 6.92 Å². The average molecular weight is 335 g/mol. The molecule has 0 N–H and O–H groups in total. The molecule has 4 heteroatoms. The van der Waals surface area contributed by atoms with Gasteiger partial charge in [0.05, 0.1) is 5.56 Å². The first kappa shape index (κ1) is 14.6. The highest BCUT2D eigenvalue weighted by Gasteiger charge is 2.03. The lowest BCUT2D eigenvalue weighted by molar-refractivity contribution is 0.111. The summed E-state index contributed by atoms with van der Waals surface area (Å²) in [6.45, 7) is 2.83. The van der Waals surface area contributed by atoms with Crippen LogP contribution in [0.25, 0.3) is 0 Å². The van der Waals surface area contributed by atoms with Crippen LogP contribution in [0.4, 0.5) is 0 Å². The van der Waals surface area contributed by atoms with E-state index in [1.165, 1.54) is 0 Å². The largest absolute Gasteiger partial charge is 0.490 e. The molecule has 0 aliphatic rings. The van der Waals surface area contributed by atoms with E-state index in [9.17, 15) is 4.79 Å². The number of carbonyl (C=O) groups excluding carboxylic acids is 1. The van der Waals surface area contributed by atoms with E-state index in [4.69, 9.17) is 9.47 Å². The van der Waals surface area contributed by atoms with Crippen molar-refractivity contribution in [1.82, 2.24) is 0 Å². The summed E-state index contributed by atoms with van der Waals surface area (Å²) in [7, 11) is 0. The van der Waals surface area contributed by atoms with Crippen molar-refractivity contribution in [3.63, 3.8) is 0 Å². The first-order valence-electron chi connectivity index (χ1n) is 6.26. The number of rotatable bonds is 6. The van der Waals surface area contributed by atoms with Gasteiger partial charge in [-0.2, -0.15) is 0 Å². The van der Waals surface area contributed by atoms with Gasteiger partial charge in [0.2, 0.25) is 0 Å². The Hall–Kier alpha value is -1.81. The Morgan fingerprint density at radius 2 is 1.90 bits per heavy atom. The van der Waals surface area contributed by atoms with Crippen molar-refractivity contribution in [1.29, 1.82) is 0 Å². The third-order valence-electron chi connectivity index (χ3n) is 2.70. The van der Waals surface area contributed by atoms with Crippen LogP contribution in [0.2, 0.25) is 0 Å². The van der Waals surface area contributed by atoms with Crippen molar-refractivity contribution in [2.45, 2.75) is 6.92 Å². The van der Waals surface area contributed by atoms with E-state index < -0.39 is 0 Å². The summed E-state index contributed by atoms with van der Waals surface area (Å²) in [5, 5.41) is 0. The van der Waals surface area contributed by atoms with E-state index in [2.05, 4.69) is 15.9 Å². The lowest BCUT2D eigenvalue weighted by Crippen LogP contribution is -2.10. The maximum absolute atomic E-state index is 10.9. The third kappa shape index (κ3) is 4.10. The van der Waals surface area contributed by atoms with Crippen LogP contribution in [0.3, 0.4) is 0 Å². The highest BCUT2D eigenvalue weighted by Crippen LogP contribution is 2.21. The molecule has 0 atom stereocenters. The van der Waals surface area contributed by atoms with E-state index in [0.717, 1.165) is 22.1 Å². The Kier molecular flexibility index (Phi) is 5.18. The van der Waals surface area contributed by atoms with Crippen molar-refractivity contribution in [3.05, 3.63) is 58.1 Å². The van der Waals surface area contributed by atoms with Crippen molar-refractivity contribution in [3.8, 4) is 11.5 Å². The molecule has 0 spiro atoms. The van der Waals surface area contributed by atoms with Gasteiger partial charge in [0.25, 0.3) is 0 Å². The molecular formula is C16H15BrO3. The van der Waals surface area contributed by atoms with Gasteiger partial charge >= 0.3 is 0 Å². The molecule has 104 valence electrons. The van der Waals surface area contributed by atoms with E-state index >= 15 is 0 Å². The molecule has 0 heterocycles. The summed E-state index contributed by atoms with van der Waals surface area (Å²) in [5.74, 6) is 1.39. The Bertz CT molecular complexity index is 596. The molecular weight excluding hydrogens is 320 g/mol. The Balaban J connectivity index is 1.86. The third-order valence-corrected chi connectivity index (χ3v) is 3.19. The molecule has 0 saturated carbocycles. The highest BCUT2D eigenvalue weighted by atomic mass is 79.9. The fraction of sp³-hybridized carbons (Fsp3) is 0.188. The first-order chi connectivity index (χ1) is 9.69. The Morgan fingerprint density at radius 1 is 1.10 bits per heavy atom. The molecule has 0 aliphatic heterocycles. The normalized spacial score (nSPS) is 10.1. The van der Waals surface area contributed by atoms with Crippen LogP contribution in [0.15, 0.2) is 46.9 Å². The lowest BCUT2D eigenvalue weighted by Gasteiger charge is -2.10. The fourth-order valence-electron chi connectivity index (χ4n) is 1.76. The topological polar surface area (TPSA) is 35.5 Å². The van der Waals surface area contributed by atoms with Gasteiger partial charge in [-0.3, -0.25) is 4.79 Å². The van der Waals surface area contributed by atoms with Crippen LogP contribution in [0.1, 0.15) is 15.9 Å². The minimum absolute atomic E-state index is 0.385. The standard InChI is InChI=1S/C16H15BrO3/c1-12-3-2-4-15(9-12)19-7-8-20-16-6-5-14(17)10-13(16)11-18/h2-6,9-11H,7-8H2,1H3. The van der Waals surface area contributed by atoms with E-state index in [1.807, 2.05) is 37.3 Å². The molecule has 0 aliphatic carbocycles. The zero-order chi connectivity index (χ0) is 14.4. The lowest BCUT2D eigenvalue weighted by atomic mass is 10.2. The summed E-state index contributed by atoms with van der Waals surface area (Å²) in [5.41, 5.74) is 1.68. The number of hydrogen-bond acceptors (Lipinski definition) is 3. The zero-order valence-corrected chi connectivity index (χ0v) is 12.7. The monoisotopic (exact) mass is 334 g/mol. The van der Waals surface area contributed by atoms with Gasteiger partial charge in [-0.05, 0) is 42.8 Å². The Labute approximate surface area is 126 Å². The van der Waals surface area contributed by atoms with Gasteiger partial charge in [0, 0.05) is 4.47 Å². The van der Waals surface area contributed by atoms with Gasteiger partial charge in [0.15, 0.2) is 6.29 Å².